The average molecular weight is 555 g/mol. The van der Waals surface area contributed by atoms with Crippen molar-refractivity contribution < 1.29 is 17.9 Å². The van der Waals surface area contributed by atoms with Gasteiger partial charge in [0.05, 0.1) is 21.8 Å². The number of ether oxygens (including phenoxy) is 1. The Bertz CT molecular complexity index is 1600. The van der Waals surface area contributed by atoms with E-state index in [4.69, 9.17) is 16.3 Å². The highest BCUT2D eigenvalue weighted by atomic mass is 35.5. The minimum Gasteiger partial charge on any atom is -0.444 e. The van der Waals surface area contributed by atoms with Gasteiger partial charge in [0.2, 0.25) is 5.95 Å². The zero-order valence-electron chi connectivity index (χ0n) is 21.1. The second-order valence-corrected chi connectivity index (χ2v) is 12.2. The fourth-order valence-electron chi connectivity index (χ4n) is 4.29. The lowest BCUT2D eigenvalue weighted by Gasteiger charge is -2.24. The molecule has 0 radical (unpaired) electrons. The van der Waals surface area contributed by atoms with Crippen molar-refractivity contribution in [2.24, 2.45) is 0 Å². The molecule has 1 amide bonds. The lowest BCUT2D eigenvalue weighted by atomic mass is 10.1. The third-order valence-electron chi connectivity index (χ3n) is 6.00. The van der Waals surface area contributed by atoms with Crippen LogP contribution in [0.2, 0.25) is 5.02 Å². The predicted octanol–water partition coefficient (Wildman–Crippen LogP) is 4.81. The van der Waals surface area contributed by atoms with Crippen molar-refractivity contribution in [3.05, 3.63) is 66.1 Å². The summed E-state index contributed by atoms with van der Waals surface area (Å²) in [4.78, 5) is 27.5. The van der Waals surface area contributed by atoms with Gasteiger partial charge in [0.1, 0.15) is 5.60 Å². The van der Waals surface area contributed by atoms with E-state index in [1.807, 2.05) is 20.8 Å². The molecule has 1 atom stereocenters. The number of pyridine rings is 1. The molecular weight excluding hydrogens is 528 g/mol. The largest absolute Gasteiger partial charge is 0.444 e. The van der Waals surface area contributed by atoms with Crippen molar-refractivity contribution in [2.45, 2.75) is 43.7 Å². The summed E-state index contributed by atoms with van der Waals surface area (Å²) in [5.74, 6) is 0.316. The van der Waals surface area contributed by atoms with Crippen molar-refractivity contribution in [3.63, 3.8) is 0 Å². The van der Waals surface area contributed by atoms with Crippen LogP contribution in [-0.2, 0) is 14.8 Å². The number of hydrogen-bond acceptors (Lipinski definition) is 8. The van der Waals surface area contributed by atoms with E-state index < -0.39 is 15.6 Å². The minimum absolute atomic E-state index is 0.0852. The number of fused-ring (bicyclic) bond motifs is 1. The number of rotatable bonds is 5. The Kier molecular flexibility index (Phi) is 6.74. The van der Waals surface area contributed by atoms with Crippen LogP contribution in [0.5, 0.6) is 0 Å². The van der Waals surface area contributed by atoms with Crippen LogP contribution < -0.4 is 5.32 Å². The number of likely N-dealkylation sites (tertiary alicyclic amines) is 1. The molecule has 10 nitrogen and oxygen atoms in total. The second kappa shape index (κ2) is 9.88. The molecule has 1 aromatic carbocycles. The molecule has 0 saturated carbocycles. The summed E-state index contributed by atoms with van der Waals surface area (Å²) in [5.41, 5.74) is 0.564. The summed E-state index contributed by atoms with van der Waals surface area (Å²) >= 11 is 6.51. The molecule has 1 aliphatic rings. The molecule has 1 fully saturated rings. The second-order valence-electron chi connectivity index (χ2n) is 9.98. The Labute approximate surface area is 225 Å². The van der Waals surface area contributed by atoms with E-state index >= 15 is 0 Å². The molecule has 1 unspecified atom stereocenters. The topological polar surface area (TPSA) is 119 Å². The number of halogens is 1. The number of nitrogens with zero attached hydrogens (tertiary/aromatic N) is 5. The zero-order valence-corrected chi connectivity index (χ0v) is 22.7. The number of carbonyl (C=O) groups excluding carboxylic acids is 1. The van der Waals surface area contributed by atoms with Crippen molar-refractivity contribution in [3.8, 4) is 11.3 Å². The van der Waals surface area contributed by atoms with E-state index in [0.717, 1.165) is 3.97 Å². The summed E-state index contributed by atoms with van der Waals surface area (Å²) < 4.78 is 33.5. The van der Waals surface area contributed by atoms with Crippen LogP contribution in [0.3, 0.4) is 0 Å². The quantitative estimate of drug-likeness (QED) is 0.373. The minimum atomic E-state index is -3.92. The lowest BCUT2D eigenvalue weighted by molar-refractivity contribution is 0.0293. The molecule has 3 aromatic heterocycles. The SMILES string of the molecule is CC(C)(C)OC(=O)N1CCC(Nc2ncc(Cl)c(-c3cn(S(=O)(=O)c4ccccc4)c4ncccc34)n2)C1. The Balaban J connectivity index is 1.46. The van der Waals surface area contributed by atoms with E-state index in [2.05, 4.69) is 20.3 Å². The maximum atomic E-state index is 13.4. The maximum Gasteiger partial charge on any atom is 0.410 e. The van der Waals surface area contributed by atoms with Crippen LogP contribution in [0.25, 0.3) is 22.3 Å². The molecular formula is C26H27ClN6O4S. The number of benzene rings is 1. The van der Waals surface area contributed by atoms with Crippen LogP contribution in [0, 0.1) is 0 Å². The first-order valence-electron chi connectivity index (χ1n) is 12.1. The molecule has 1 N–H and O–H groups in total. The fourth-order valence-corrected chi connectivity index (χ4v) is 5.83. The van der Waals surface area contributed by atoms with Crippen LogP contribution in [0.4, 0.5) is 10.7 Å². The van der Waals surface area contributed by atoms with Crippen molar-refractivity contribution in [1.29, 1.82) is 0 Å². The molecule has 1 saturated heterocycles. The number of carbonyl (C=O) groups is 1. The molecule has 0 aliphatic carbocycles. The van der Waals surface area contributed by atoms with Gasteiger partial charge in [0.15, 0.2) is 5.65 Å². The van der Waals surface area contributed by atoms with Crippen LogP contribution in [0.1, 0.15) is 27.2 Å². The standard InChI is InChI=1S/C26H27ClN6O4S/c1-26(2,3)37-25(34)32-13-11-17(15-32)30-24-29-14-21(27)22(31-24)20-16-33(23-19(20)10-7-12-28-23)38(35,36)18-8-5-4-6-9-18/h4-10,12,14,16-17H,11,13,15H2,1-3H3,(H,29,30,31). The molecule has 12 heteroatoms. The fraction of sp³-hybridized carbons (Fsp3) is 0.308. The predicted molar refractivity (Wildman–Crippen MR) is 145 cm³/mol. The maximum absolute atomic E-state index is 13.4. The van der Waals surface area contributed by atoms with E-state index in [9.17, 15) is 13.2 Å². The lowest BCUT2D eigenvalue weighted by Crippen LogP contribution is -2.36. The first-order chi connectivity index (χ1) is 18.0. The Morgan fingerprint density at radius 3 is 2.63 bits per heavy atom. The van der Waals surface area contributed by atoms with Gasteiger partial charge in [-0.25, -0.2) is 32.1 Å². The first kappa shape index (κ1) is 25.9. The van der Waals surface area contributed by atoms with Crippen LogP contribution >= 0.6 is 11.6 Å². The van der Waals surface area contributed by atoms with Gasteiger partial charge in [-0.1, -0.05) is 29.8 Å². The Morgan fingerprint density at radius 2 is 1.89 bits per heavy atom. The summed E-state index contributed by atoms with van der Waals surface area (Å²) in [7, 11) is -3.92. The van der Waals surface area contributed by atoms with Crippen LogP contribution in [-0.4, -0.2) is 63.1 Å². The Morgan fingerprint density at radius 1 is 1.13 bits per heavy atom. The average Bonchev–Trinajstić information content (AvgIpc) is 3.50. The monoisotopic (exact) mass is 554 g/mol. The van der Waals surface area contributed by atoms with E-state index in [-0.39, 0.29) is 27.7 Å². The molecule has 0 bridgehead atoms. The molecule has 4 aromatic rings. The van der Waals surface area contributed by atoms with Crippen molar-refractivity contribution >= 4 is 44.7 Å². The number of nitrogens with one attached hydrogen (secondary N) is 1. The van der Waals surface area contributed by atoms with Gasteiger partial charge in [-0.15, -0.1) is 0 Å². The first-order valence-corrected chi connectivity index (χ1v) is 13.9. The molecule has 4 heterocycles. The van der Waals surface area contributed by atoms with Crippen LogP contribution in [0.15, 0.2) is 66.0 Å². The number of amides is 1. The van der Waals surface area contributed by atoms with Gasteiger partial charge in [-0.2, -0.15) is 0 Å². The molecule has 1 aliphatic heterocycles. The summed E-state index contributed by atoms with van der Waals surface area (Å²) in [6.45, 7) is 6.48. The van der Waals surface area contributed by atoms with Crippen molar-refractivity contribution in [1.82, 2.24) is 23.8 Å². The molecule has 0 spiro atoms. The highest BCUT2D eigenvalue weighted by molar-refractivity contribution is 7.90. The van der Waals surface area contributed by atoms with Gasteiger partial charge in [0, 0.05) is 42.5 Å². The number of hydrogen-bond donors (Lipinski definition) is 1. The zero-order chi connectivity index (χ0) is 27.1. The number of anilines is 1. The highest BCUT2D eigenvalue weighted by Crippen LogP contribution is 2.35. The normalized spacial score (nSPS) is 16.1. The summed E-state index contributed by atoms with van der Waals surface area (Å²) in [6, 6.07) is 11.6. The molecule has 5 rings (SSSR count). The summed E-state index contributed by atoms with van der Waals surface area (Å²) in [5, 5.41) is 4.11. The number of aromatic nitrogens is 4. The van der Waals surface area contributed by atoms with Crippen molar-refractivity contribution in [2.75, 3.05) is 18.4 Å². The summed E-state index contributed by atoms with van der Waals surface area (Å²) in [6.07, 6.45) is 4.82. The van der Waals surface area contributed by atoms with E-state index in [0.29, 0.717) is 42.1 Å². The van der Waals surface area contributed by atoms with E-state index in [1.54, 1.807) is 35.2 Å². The van der Waals surface area contributed by atoms with Gasteiger partial charge in [-0.05, 0) is 51.5 Å². The highest BCUT2D eigenvalue weighted by Gasteiger charge is 2.30. The van der Waals surface area contributed by atoms with Gasteiger partial charge in [0.25, 0.3) is 10.0 Å². The molecule has 198 valence electrons. The molecule has 38 heavy (non-hydrogen) atoms. The van der Waals surface area contributed by atoms with Gasteiger partial charge < -0.3 is 15.0 Å². The Hall–Kier alpha value is -3.70. The third kappa shape index (κ3) is 5.16. The third-order valence-corrected chi connectivity index (χ3v) is 7.95. The van der Waals surface area contributed by atoms with E-state index in [1.165, 1.54) is 30.7 Å². The van der Waals surface area contributed by atoms with Gasteiger partial charge >= 0.3 is 6.09 Å². The smallest absolute Gasteiger partial charge is 0.410 e. The van der Waals surface area contributed by atoms with Gasteiger partial charge in [-0.3, -0.25) is 0 Å².